The third-order valence-corrected chi connectivity index (χ3v) is 3.04. The molecule has 0 spiro atoms. The number of hydrogen-bond acceptors (Lipinski definition) is 4. The molecule has 1 aliphatic rings. The molecular weight excluding hydrogens is 218 g/mol. The van der Waals surface area contributed by atoms with Gasteiger partial charge in [0.25, 0.3) is 0 Å². The Kier molecular flexibility index (Phi) is 7.21. The van der Waals surface area contributed by atoms with Crippen molar-refractivity contribution in [1.29, 1.82) is 0 Å². The van der Waals surface area contributed by atoms with Crippen LogP contribution < -0.4 is 5.32 Å². The van der Waals surface area contributed by atoms with Crippen molar-refractivity contribution in [3.8, 4) is 0 Å². The molecule has 1 N–H and O–H groups in total. The lowest BCUT2D eigenvalue weighted by Gasteiger charge is -2.11. The highest BCUT2D eigenvalue weighted by molar-refractivity contribution is 5.69. The number of hydrogen-bond donors (Lipinski definition) is 1. The summed E-state index contributed by atoms with van der Waals surface area (Å²) in [4.78, 5) is 11.2. The minimum Gasteiger partial charge on any atom is -0.466 e. The molecule has 1 heterocycles. The fourth-order valence-electron chi connectivity index (χ4n) is 2.05. The second-order valence-corrected chi connectivity index (χ2v) is 4.53. The summed E-state index contributed by atoms with van der Waals surface area (Å²) in [6.07, 6.45) is 5.01. The molecule has 0 amide bonds. The molecule has 0 unspecified atom stereocenters. The summed E-state index contributed by atoms with van der Waals surface area (Å²) >= 11 is 0. The van der Waals surface area contributed by atoms with E-state index in [1.807, 2.05) is 6.92 Å². The highest BCUT2D eigenvalue weighted by atomic mass is 16.5. The SMILES string of the molecule is CCCCO[C@@H]1CN[C@H](CCC(=O)OCC)C1. The highest BCUT2D eigenvalue weighted by Gasteiger charge is 2.24. The Balaban J connectivity index is 2.07. The lowest BCUT2D eigenvalue weighted by molar-refractivity contribution is -0.143. The topological polar surface area (TPSA) is 47.6 Å². The van der Waals surface area contributed by atoms with Gasteiger partial charge in [-0.15, -0.1) is 0 Å². The van der Waals surface area contributed by atoms with E-state index in [0.29, 0.717) is 25.2 Å². The van der Waals surface area contributed by atoms with Gasteiger partial charge in [-0.3, -0.25) is 4.79 Å². The van der Waals surface area contributed by atoms with Gasteiger partial charge in [-0.2, -0.15) is 0 Å². The third kappa shape index (κ3) is 6.03. The van der Waals surface area contributed by atoms with Crippen LogP contribution in [0.25, 0.3) is 0 Å². The molecule has 0 aromatic rings. The fourth-order valence-corrected chi connectivity index (χ4v) is 2.05. The quantitative estimate of drug-likeness (QED) is 0.522. The normalized spacial score (nSPS) is 23.9. The molecule has 1 fully saturated rings. The molecule has 0 radical (unpaired) electrons. The van der Waals surface area contributed by atoms with Gasteiger partial charge in [0.05, 0.1) is 12.7 Å². The molecular formula is C13H25NO3. The summed E-state index contributed by atoms with van der Waals surface area (Å²) in [7, 11) is 0. The van der Waals surface area contributed by atoms with Gasteiger partial charge >= 0.3 is 5.97 Å². The monoisotopic (exact) mass is 243 g/mol. The predicted octanol–water partition coefficient (Wildman–Crippen LogP) is 1.88. The van der Waals surface area contributed by atoms with Crippen LogP contribution >= 0.6 is 0 Å². The first kappa shape index (κ1) is 14.5. The maximum atomic E-state index is 11.2. The van der Waals surface area contributed by atoms with Crippen LogP contribution in [0.5, 0.6) is 0 Å². The van der Waals surface area contributed by atoms with Crippen LogP contribution in [0.2, 0.25) is 0 Å². The molecule has 2 atom stereocenters. The lowest BCUT2D eigenvalue weighted by atomic mass is 10.1. The van der Waals surface area contributed by atoms with Crippen molar-refractivity contribution in [3.63, 3.8) is 0 Å². The first-order valence-electron chi connectivity index (χ1n) is 6.76. The van der Waals surface area contributed by atoms with Crippen LogP contribution in [0.1, 0.15) is 46.0 Å². The van der Waals surface area contributed by atoms with E-state index in [2.05, 4.69) is 12.2 Å². The number of rotatable bonds is 8. The minimum atomic E-state index is -0.0929. The molecule has 4 nitrogen and oxygen atoms in total. The van der Waals surface area contributed by atoms with E-state index < -0.39 is 0 Å². The van der Waals surface area contributed by atoms with Crippen molar-refractivity contribution in [1.82, 2.24) is 5.32 Å². The maximum absolute atomic E-state index is 11.2. The zero-order valence-electron chi connectivity index (χ0n) is 11.0. The van der Waals surface area contributed by atoms with E-state index in [1.165, 1.54) is 6.42 Å². The number of nitrogens with one attached hydrogen (secondary N) is 1. The molecule has 17 heavy (non-hydrogen) atoms. The van der Waals surface area contributed by atoms with E-state index in [4.69, 9.17) is 9.47 Å². The van der Waals surface area contributed by atoms with Crippen molar-refractivity contribution in [2.75, 3.05) is 19.8 Å². The Morgan fingerprint density at radius 1 is 1.41 bits per heavy atom. The molecule has 1 rings (SSSR count). The largest absolute Gasteiger partial charge is 0.466 e. The second-order valence-electron chi connectivity index (χ2n) is 4.53. The van der Waals surface area contributed by atoms with Gasteiger partial charge in [-0.1, -0.05) is 13.3 Å². The first-order valence-corrected chi connectivity index (χ1v) is 6.76. The van der Waals surface area contributed by atoms with Crippen LogP contribution in [0.3, 0.4) is 0 Å². The minimum absolute atomic E-state index is 0.0929. The van der Waals surface area contributed by atoms with Crippen molar-refractivity contribution >= 4 is 5.97 Å². The van der Waals surface area contributed by atoms with Crippen LogP contribution in [0, 0.1) is 0 Å². The molecule has 0 aliphatic carbocycles. The molecule has 4 heteroatoms. The average molecular weight is 243 g/mol. The highest BCUT2D eigenvalue weighted by Crippen LogP contribution is 2.15. The maximum Gasteiger partial charge on any atom is 0.305 e. The van der Waals surface area contributed by atoms with Crippen molar-refractivity contribution < 1.29 is 14.3 Å². The van der Waals surface area contributed by atoms with Gasteiger partial charge < -0.3 is 14.8 Å². The number of esters is 1. The average Bonchev–Trinajstić information content (AvgIpc) is 2.75. The summed E-state index contributed by atoms with van der Waals surface area (Å²) in [5, 5.41) is 3.40. The molecule has 0 aromatic heterocycles. The van der Waals surface area contributed by atoms with Crippen LogP contribution in [0.4, 0.5) is 0 Å². The smallest absolute Gasteiger partial charge is 0.305 e. The summed E-state index contributed by atoms with van der Waals surface area (Å²) in [6.45, 7) is 6.24. The van der Waals surface area contributed by atoms with E-state index in [1.54, 1.807) is 0 Å². The molecule has 0 aromatic carbocycles. The Hall–Kier alpha value is -0.610. The summed E-state index contributed by atoms with van der Waals surface area (Å²) in [6, 6.07) is 0.408. The second kappa shape index (κ2) is 8.48. The zero-order chi connectivity index (χ0) is 12.5. The Bertz CT molecular complexity index is 221. The van der Waals surface area contributed by atoms with E-state index in [0.717, 1.165) is 32.4 Å². The Morgan fingerprint density at radius 2 is 2.24 bits per heavy atom. The van der Waals surface area contributed by atoms with Crippen LogP contribution in [0.15, 0.2) is 0 Å². The van der Waals surface area contributed by atoms with Crippen LogP contribution in [-0.2, 0) is 14.3 Å². The van der Waals surface area contributed by atoms with Gasteiger partial charge in [0.1, 0.15) is 0 Å². The van der Waals surface area contributed by atoms with Gasteiger partial charge in [0.15, 0.2) is 0 Å². The Labute approximate surface area is 104 Å². The van der Waals surface area contributed by atoms with Crippen molar-refractivity contribution in [2.24, 2.45) is 0 Å². The summed E-state index contributed by atoms with van der Waals surface area (Å²) in [5.41, 5.74) is 0. The van der Waals surface area contributed by atoms with Gasteiger partial charge in [0, 0.05) is 25.6 Å². The molecule has 100 valence electrons. The van der Waals surface area contributed by atoms with Crippen LogP contribution in [-0.4, -0.2) is 37.9 Å². The van der Waals surface area contributed by atoms with Gasteiger partial charge in [-0.05, 0) is 26.2 Å². The fraction of sp³-hybridized carbons (Fsp3) is 0.923. The Morgan fingerprint density at radius 3 is 2.94 bits per heavy atom. The lowest BCUT2D eigenvalue weighted by Crippen LogP contribution is -2.22. The standard InChI is InChI=1S/C13H25NO3/c1-3-5-8-17-12-9-11(14-10-12)6-7-13(15)16-4-2/h11-12,14H,3-10H2,1-2H3/t11-,12+/m1/s1. The van der Waals surface area contributed by atoms with E-state index >= 15 is 0 Å². The molecule has 1 saturated heterocycles. The van der Waals surface area contributed by atoms with Gasteiger partial charge in [-0.25, -0.2) is 0 Å². The number of carbonyl (C=O) groups is 1. The number of carbonyl (C=O) groups excluding carboxylic acids is 1. The zero-order valence-corrected chi connectivity index (χ0v) is 11.0. The molecule has 0 bridgehead atoms. The third-order valence-electron chi connectivity index (χ3n) is 3.04. The number of unbranched alkanes of at least 4 members (excludes halogenated alkanes) is 1. The summed E-state index contributed by atoms with van der Waals surface area (Å²) < 4.78 is 10.7. The summed E-state index contributed by atoms with van der Waals surface area (Å²) in [5.74, 6) is -0.0929. The van der Waals surface area contributed by atoms with Gasteiger partial charge in [0.2, 0.25) is 0 Å². The first-order chi connectivity index (χ1) is 8.26. The van der Waals surface area contributed by atoms with E-state index in [9.17, 15) is 4.79 Å². The molecule has 1 aliphatic heterocycles. The van der Waals surface area contributed by atoms with Crippen molar-refractivity contribution in [2.45, 2.75) is 58.1 Å². The molecule has 0 saturated carbocycles. The van der Waals surface area contributed by atoms with E-state index in [-0.39, 0.29) is 5.97 Å². The van der Waals surface area contributed by atoms with Crippen molar-refractivity contribution in [3.05, 3.63) is 0 Å². The number of ether oxygens (including phenoxy) is 2. The predicted molar refractivity (Wildman–Crippen MR) is 66.9 cm³/mol.